The van der Waals surface area contributed by atoms with Crippen LogP contribution in [-0.4, -0.2) is 18.3 Å². The summed E-state index contributed by atoms with van der Waals surface area (Å²) in [5, 5.41) is 13.3. The van der Waals surface area contributed by atoms with E-state index < -0.39 is 0 Å². The minimum atomic E-state index is 0.226. The van der Waals surface area contributed by atoms with Crippen molar-refractivity contribution in [2.24, 2.45) is 5.92 Å². The van der Waals surface area contributed by atoms with Crippen molar-refractivity contribution in [3.8, 4) is 17.2 Å². The number of para-hydroxylation sites is 1. The van der Waals surface area contributed by atoms with E-state index in [1.807, 2.05) is 48.5 Å². The van der Waals surface area contributed by atoms with Crippen molar-refractivity contribution in [2.45, 2.75) is 18.4 Å². The van der Waals surface area contributed by atoms with Crippen LogP contribution >= 0.6 is 0 Å². The third-order valence-electron chi connectivity index (χ3n) is 5.95. The molecule has 0 fully saturated rings. The molecule has 0 saturated carbocycles. The van der Waals surface area contributed by atoms with Crippen LogP contribution in [0.15, 0.2) is 84.9 Å². The lowest BCUT2D eigenvalue weighted by Crippen LogP contribution is -2.29. The Labute approximate surface area is 176 Å². The van der Waals surface area contributed by atoms with Crippen LogP contribution in [0.2, 0.25) is 0 Å². The number of phenolic OH excluding ortho intramolecular Hbond substituents is 1. The number of rotatable bonds is 6. The van der Waals surface area contributed by atoms with Gasteiger partial charge in [0.05, 0.1) is 6.04 Å². The van der Waals surface area contributed by atoms with Crippen LogP contribution in [0.4, 0.5) is 5.69 Å². The molecule has 3 atom stereocenters. The van der Waals surface area contributed by atoms with Crippen molar-refractivity contribution in [3.05, 3.63) is 96.1 Å². The van der Waals surface area contributed by atoms with Crippen LogP contribution < -0.4 is 14.8 Å². The van der Waals surface area contributed by atoms with Crippen molar-refractivity contribution >= 4 is 5.69 Å². The highest BCUT2D eigenvalue weighted by atomic mass is 16.5. The molecule has 4 nitrogen and oxygen atoms in total. The summed E-state index contributed by atoms with van der Waals surface area (Å²) >= 11 is 0. The van der Waals surface area contributed by atoms with E-state index in [-0.39, 0.29) is 6.04 Å². The summed E-state index contributed by atoms with van der Waals surface area (Å²) in [4.78, 5) is 0. The molecule has 3 aromatic carbocycles. The van der Waals surface area contributed by atoms with E-state index in [9.17, 15) is 5.11 Å². The average Bonchev–Trinajstić information content (AvgIpc) is 3.28. The molecule has 5 rings (SSSR count). The lowest BCUT2D eigenvalue weighted by molar-refractivity contribution is 0.217. The van der Waals surface area contributed by atoms with Gasteiger partial charge in [0.2, 0.25) is 0 Å². The molecule has 1 aliphatic heterocycles. The van der Waals surface area contributed by atoms with Gasteiger partial charge >= 0.3 is 0 Å². The van der Waals surface area contributed by atoms with Gasteiger partial charge in [-0.15, -0.1) is 0 Å². The van der Waals surface area contributed by atoms with Gasteiger partial charge in [-0.2, -0.15) is 0 Å². The Balaban J connectivity index is 1.29. The second-order valence-corrected chi connectivity index (χ2v) is 7.83. The molecule has 4 heteroatoms. The molecule has 0 bridgehead atoms. The highest BCUT2D eigenvalue weighted by Gasteiger charge is 2.38. The monoisotopic (exact) mass is 399 g/mol. The van der Waals surface area contributed by atoms with Gasteiger partial charge in [0, 0.05) is 11.6 Å². The molecular weight excluding hydrogens is 374 g/mol. The summed E-state index contributed by atoms with van der Waals surface area (Å²) in [7, 11) is 0. The first kappa shape index (κ1) is 18.6. The number of allylic oxidation sites excluding steroid dienone is 2. The SMILES string of the molecule is Oc1ccc(C2Nc3ccc(OCCOc4ccccc4)cc3C3C=CCC32)cc1. The number of fused-ring (bicyclic) bond motifs is 3. The van der Waals surface area contributed by atoms with Gasteiger partial charge in [-0.1, -0.05) is 42.5 Å². The summed E-state index contributed by atoms with van der Waals surface area (Å²) < 4.78 is 11.7. The van der Waals surface area contributed by atoms with Gasteiger partial charge in [-0.3, -0.25) is 0 Å². The highest BCUT2D eigenvalue weighted by Crippen LogP contribution is 2.50. The maximum atomic E-state index is 9.63. The van der Waals surface area contributed by atoms with Crippen LogP contribution in [0.1, 0.15) is 29.5 Å². The molecule has 30 heavy (non-hydrogen) atoms. The average molecular weight is 399 g/mol. The molecule has 2 aliphatic rings. The lowest BCUT2D eigenvalue weighted by atomic mass is 9.77. The highest BCUT2D eigenvalue weighted by molar-refractivity contribution is 5.61. The molecule has 0 radical (unpaired) electrons. The van der Waals surface area contributed by atoms with Crippen LogP contribution in [0.5, 0.6) is 17.2 Å². The summed E-state index contributed by atoms with van der Waals surface area (Å²) in [6.07, 6.45) is 5.64. The van der Waals surface area contributed by atoms with Gasteiger partial charge in [0.25, 0.3) is 0 Å². The molecule has 3 unspecified atom stereocenters. The molecule has 1 heterocycles. The van der Waals surface area contributed by atoms with Crippen molar-refractivity contribution < 1.29 is 14.6 Å². The first-order valence-electron chi connectivity index (χ1n) is 10.4. The van der Waals surface area contributed by atoms with Gasteiger partial charge in [-0.05, 0) is 65.9 Å². The Hall–Kier alpha value is -3.40. The van der Waals surface area contributed by atoms with Crippen molar-refractivity contribution in [2.75, 3.05) is 18.5 Å². The molecule has 3 aromatic rings. The molecule has 0 saturated heterocycles. The fraction of sp³-hybridized carbons (Fsp3) is 0.231. The number of benzene rings is 3. The second-order valence-electron chi connectivity index (χ2n) is 7.83. The van der Waals surface area contributed by atoms with Crippen LogP contribution in [0.25, 0.3) is 0 Å². The summed E-state index contributed by atoms with van der Waals surface area (Å²) in [5.41, 5.74) is 3.63. The quantitative estimate of drug-likeness (QED) is 0.414. The van der Waals surface area contributed by atoms with Crippen molar-refractivity contribution in [3.63, 3.8) is 0 Å². The van der Waals surface area contributed by atoms with E-state index in [2.05, 4.69) is 29.6 Å². The first-order valence-corrected chi connectivity index (χ1v) is 10.4. The van der Waals surface area contributed by atoms with E-state index >= 15 is 0 Å². The Bertz CT molecular complexity index is 1030. The number of phenols is 1. The fourth-order valence-corrected chi connectivity index (χ4v) is 4.51. The Kier molecular flexibility index (Phi) is 5.06. The maximum Gasteiger partial charge on any atom is 0.122 e. The van der Waals surface area contributed by atoms with E-state index in [0.29, 0.717) is 30.8 Å². The minimum absolute atomic E-state index is 0.226. The normalized spacial score (nSPS) is 21.4. The zero-order chi connectivity index (χ0) is 20.3. The predicted molar refractivity (Wildman–Crippen MR) is 118 cm³/mol. The van der Waals surface area contributed by atoms with E-state index in [1.54, 1.807) is 12.1 Å². The molecule has 2 N–H and O–H groups in total. The van der Waals surface area contributed by atoms with Crippen LogP contribution in [0.3, 0.4) is 0 Å². The molecule has 0 aromatic heterocycles. The van der Waals surface area contributed by atoms with Crippen LogP contribution in [0, 0.1) is 5.92 Å². The van der Waals surface area contributed by atoms with E-state index in [0.717, 1.165) is 23.6 Å². The van der Waals surface area contributed by atoms with Gasteiger partial charge in [-0.25, -0.2) is 0 Å². The Morgan fingerprint density at radius 2 is 1.63 bits per heavy atom. The second kappa shape index (κ2) is 8.15. The molecular formula is C26H25NO3. The third-order valence-corrected chi connectivity index (χ3v) is 5.95. The summed E-state index contributed by atoms with van der Waals surface area (Å²) in [6, 6.07) is 23.8. The van der Waals surface area contributed by atoms with E-state index in [1.165, 1.54) is 11.1 Å². The number of nitrogens with one attached hydrogen (secondary N) is 1. The third kappa shape index (κ3) is 3.73. The number of anilines is 1. The Morgan fingerprint density at radius 3 is 2.43 bits per heavy atom. The van der Waals surface area contributed by atoms with Crippen molar-refractivity contribution in [1.29, 1.82) is 0 Å². The first-order chi connectivity index (χ1) is 14.8. The number of ether oxygens (including phenoxy) is 2. The zero-order valence-electron chi connectivity index (χ0n) is 16.7. The molecule has 1 aliphatic carbocycles. The van der Waals surface area contributed by atoms with Crippen molar-refractivity contribution in [1.82, 2.24) is 0 Å². The molecule has 152 valence electrons. The topological polar surface area (TPSA) is 50.7 Å². The van der Waals surface area contributed by atoms with Crippen LogP contribution in [-0.2, 0) is 0 Å². The van der Waals surface area contributed by atoms with E-state index in [4.69, 9.17) is 9.47 Å². The molecule has 0 spiro atoms. The number of hydrogen-bond acceptors (Lipinski definition) is 4. The minimum Gasteiger partial charge on any atom is -0.508 e. The smallest absolute Gasteiger partial charge is 0.122 e. The maximum absolute atomic E-state index is 9.63. The predicted octanol–water partition coefficient (Wildman–Crippen LogP) is 5.68. The summed E-state index contributed by atoms with van der Waals surface area (Å²) in [5.74, 6) is 2.85. The molecule has 0 amide bonds. The zero-order valence-corrected chi connectivity index (χ0v) is 16.7. The fourth-order valence-electron chi connectivity index (χ4n) is 4.51. The van der Waals surface area contributed by atoms with Gasteiger partial charge in [0.15, 0.2) is 0 Å². The largest absolute Gasteiger partial charge is 0.508 e. The Morgan fingerprint density at radius 1 is 0.867 bits per heavy atom. The number of aromatic hydroxyl groups is 1. The standard InChI is InChI=1S/C26H25NO3/c28-19-11-9-18(10-12-19)26-23-8-4-7-22(23)24-17-21(13-14-25(24)27-26)30-16-15-29-20-5-2-1-3-6-20/h1-7,9-14,17,22-23,26-28H,8,15-16H2. The lowest BCUT2D eigenvalue weighted by Gasteiger charge is -2.37. The number of hydrogen-bond donors (Lipinski definition) is 2. The van der Waals surface area contributed by atoms with Gasteiger partial charge < -0.3 is 19.9 Å². The van der Waals surface area contributed by atoms with Gasteiger partial charge in [0.1, 0.15) is 30.5 Å². The summed E-state index contributed by atoms with van der Waals surface area (Å²) in [6.45, 7) is 1.01.